The molecule has 0 radical (unpaired) electrons. The van der Waals surface area contributed by atoms with E-state index in [4.69, 9.17) is 28.4 Å². The molecule has 0 amide bonds. The van der Waals surface area contributed by atoms with Crippen molar-refractivity contribution >= 4 is 35.8 Å². The second-order valence-electron chi connectivity index (χ2n) is 11.4. The third kappa shape index (κ3) is 37.7. The summed E-state index contributed by atoms with van der Waals surface area (Å²) in [4.78, 5) is 64.5. The topological polar surface area (TPSA) is 158 Å². The minimum Gasteiger partial charge on any atom is -0.463 e. The second-order valence-corrected chi connectivity index (χ2v) is 11.4. The van der Waals surface area contributed by atoms with Gasteiger partial charge in [0.25, 0.3) is 0 Å². The van der Waals surface area contributed by atoms with Gasteiger partial charge in [-0.05, 0) is 31.6 Å². The Morgan fingerprint density at radius 3 is 0.960 bits per heavy atom. The van der Waals surface area contributed by atoms with Crippen molar-refractivity contribution in [3.05, 3.63) is 75.9 Å². The molecule has 0 aromatic rings. The van der Waals surface area contributed by atoms with E-state index in [1.165, 1.54) is 12.2 Å². The molecule has 0 aliphatic heterocycles. The Morgan fingerprint density at radius 2 is 0.680 bits per heavy atom. The monoisotopic (exact) mass is 706 g/mol. The highest BCUT2D eigenvalue weighted by atomic mass is 16.6. The zero-order chi connectivity index (χ0) is 38.6. The molecule has 0 unspecified atom stereocenters. The van der Waals surface area contributed by atoms with Crippen LogP contribution in [0.4, 0.5) is 0 Å². The fourth-order valence-corrected chi connectivity index (χ4v) is 3.23. The van der Waals surface area contributed by atoms with E-state index in [-0.39, 0.29) is 25.2 Å². The number of unbranched alkanes of at least 4 members (excludes halogenated alkanes) is 6. The molecular formula is C38H58O12. The summed E-state index contributed by atoms with van der Waals surface area (Å²) in [5, 5.41) is 0. The molecule has 0 atom stereocenters. The van der Waals surface area contributed by atoms with Crippen LogP contribution in [-0.2, 0) is 57.2 Å². The third-order valence-electron chi connectivity index (χ3n) is 6.20. The number of hydrogen-bond acceptors (Lipinski definition) is 12. The highest BCUT2D eigenvalue weighted by Crippen LogP contribution is 2.16. The van der Waals surface area contributed by atoms with Crippen LogP contribution < -0.4 is 0 Å². The molecule has 0 rings (SSSR count). The third-order valence-corrected chi connectivity index (χ3v) is 6.20. The summed E-state index contributed by atoms with van der Waals surface area (Å²) in [6.45, 7) is 27.5. The summed E-state index contributed by atoms with van der Waals surface area (Å²) in [6.07, 6.45) is 15.7. The van der Waals surface area contributed by atoms with Gasteiger partial charge in [0.2, 0.25) is 0 Å². The maximum atomic E-state index is 10.8. The normalized spacial score (nSPS) is 9.84. The van der Waals surface area contributed by atoms with E-state index in [1.807, 2.05) is 20.8 Å². The molecule has 12 nitrogen and oxygen atoms in total. The van der Waals surface area contributed by atoms with Crippen molar-refractivity contribution in [2.45, 2.75) is 78.6 Å². The molecular weight excluding hydrogens is 648 g/mol. The van der Waals surface area contributed by atoms with E-state index in [1.54, 1.807) is 0 Å². The molecule has 0 fully saturated rings. The highest BCUT2D eigenvalue weighted by Gasteiger charge is 2.21. The van der Waals surface area contributed by atoms with Gasteiger partial charge in [-0.2, -0.15) is 0 Å². The Hall–Kier alpha value is -4.74. The SMILES string of the molecule is C=CC(=O)OCC(C)(C)COC(=O)C=C.C=CC(=O)OCCC(C)CCOC(=O)C=C.C=CC(=O)OCCCCCCCCCOC(=O)C=C. The first-order valence-corrected chi connectivity index (χ1v) is 16.5. The van der Waals surface area contributed by atoms with Gasteiger partial charge >= 0.3 is 35.8 Å². The maximum absolute atomic E-state index is 10.8. The predicted octanol–water partition coefficient (Wildman–Crippen LogP) is 6.51. The van der Waals surface area contributed by atoms with E-state index in [2.05, 4.69) is 39.5 Å². The van der Waals surface area contributed by atoms with Gasteiger partial charge in [-0.15, -0.1) is 0 Å². The molecule has 0 aromatic carbocycles. The van der Waals surface area contributed by atoms with Crippen molar-refractivity contribution < 1.29 is 57.2 Å². The quantitative estimate of drug-likeness (QED) is 0.0416. The molecule has 0 spiro atoms. The predicted molar refractivity (Wildman–Crippen MR) is 191 cm³/mol. The van der Waals surface area contributed by atoms with E-state index in [9.17, 15) is 28.8 Å². The average molecular weight is 707 g/mol. The number of ether oxygens (including phenoxy) is 6. The molecule has 282 valence electrons. The summed E-state index contributed by atoms with van der Waals surface area (Å²) in [6, 6.07) is 0. The van der Waals surface area contributed by atoms with Crippen LogP contribution in [-0.4, -0.2) is 75.5 Å². The standard InChI is InChI=1S/C15H24O4.C12H18O4.C11H16O4/c1-3-14(16)18-12-10-8-6-5-7-9-11-13-19-15(17)4-2;1-4-11(13)15-8-6-10(3)7-9-16-12(14)5-2;1-5-9(12)14-7-11(3,4)8-15-10(13)6-2/h3-4H,1-2,5-13H2;4-5,10H,1-2,6-9H2,3H3;5-6H,1-2,7-8H2,3-4H3. The van der Waals surface area contributed by atoms with Gasteiger partial charge in [0.1, 0.15) is 0 Å². The number of hydrogen-bond donors (Lipinski definition) is 0. The van der Waals surface area contributed by atoms with Crippen LogP contribution in [0.1, 0.15) is 78.6 Å². The van der Waals surface area contributed by atoms with Gasteiger partial charge < -0.3 is 28.4 Å². The largest absolute Gasteiger partial charge is 0.463 e. The lowest BCUT2D eigenvalue weighted by atomic mass is 9.96. The Labute approximate surface area is 298 Å². The van der Waals surface area contributed by atoms with Crippen LogP contribution in [0.15, 0.2) is 75.9 Å². The van der Waals surface area contributed by atoms with Crippen molar-refractivity contribution in [3.63, 3.8) is 0 Å². The van der Waals surface area contributed by atoms with Gasteiger partial charge in [-0.1, -0.05) is 92.3 Å². The fourth-order valence-electron chi connectivity index (χ4n) is 3.23. The first-order valence-electron chi connectivity index (χ1n) is 16.5. The minimum absolute atomic E-state index is 0.169. The molecule has 50 heavy (non-hydrogen) atoms. The Balaban J connectivity index is -0.000000668. The number of esters is 6. The number of rotatable bonds is 26. The highest BCUT2D eigenvalue weighted by molar-refractivity contribution is 5.82. The molecule has 0 bridgehead atoms. The first kappa shape index (κ1) is 49.6. The van der Waals surface area contributed by atoms with E-state index >= 15 is 0 Å². The molecule has 0 saturated carbocycles. The van der Waals surface area contributed by atoms with Crippen LogP contribution in [0.2, 0.25) is 0 Å². The molecule has 0 aromatic heterocycles. The van der Waals surface area contributed by atoms with Gasteiger partial charge in [0, 0.05) is 41.9 Å². The van der Waals surface area contributed by atoms with Crippen molar-refractivity contribution in [1.29, 1.82) is 0 Å². The van der Waals surface area contributed by atoms with Crippen molar-refractivity contribution in [3.8, 4) is 0 Å². The zero-order valence-corrected chi connectivity index (χ0v) is 30.3. The van der Waals surface area contributed by atoms with E-state index < -0.39 is 29.3 Å². The Kier molecular flexibility index (Phi) is 33.9. The number of carbonyl (C=O) groups is 6. The Bertz CT molecular complexity index is 994. The summed E-state index contributed by atoms with van der Waals surface area (Å²) in [7, 11) is 0. The smallest absolute Gasteiger partial charge is 0.330 e. The maximum Gasteiger partial charge on any atom is 0.330 e. The van der Waals surface area contributed by atoms with E-state index in [0.29, 0.717) is 32.3 Å². The van der Waals surface area contributed by atoms with Gasteiger partial charge in [-0.3, -0.25) is 0 Å². The summed E-state index contributed by atoms with van der Waals surface area (Å²) < 4.78 is 29.1. The van der Waals surface area contributed by atoms with Gasteiger partial charge in [0.15, 0.2) is 0 Å². The van der Waals surface area contributed by atoms with E-state index in [0.717, 1.165) is 82.1 Å². The minimum atomic E-state index is -0.488. The van der Waals surface area contributed by atoms with Crippen LogP contribution >= 0.6 is 0 Å². The summed E-state index contributed by atoms with van der Waals surface area (Å²) in [5.41, 5.74) is -0.419. The molecule has 0 heterocycles. The van der Waals surface area contributed by atoms with Crippen LogP contribution in [0.3, 0.4) is 0 Å². The second kappa shape index (κ2) is 34.1. The van der Waals surface area contributed by atoms with Gasteiger partial charge in [0.05, 0.1) is 39.6 Å². The molecule has 0 aliphatic carbocycles. The van der Waals surface area contributed by atoms with Crippen molar-refractivity contribution in [2.75, 3.05) is 39.6 Å². The van der Waals surface area contributed by atoms with Crippen LogP contribution in [0.25, 0.3) is 0 Å². The Morgan fingerprint density at radius 1 is 0.440 bits per heavy atom. The zero-order valence-electron chi connectivity index (χ0n) is 30.3. The fraction of sp³-hybridized carbons (Fsp3) is 0.526. The van der Waals surface area contributed by atoms with Crippen LogP contribution in [0, 0.1) is 11.3 Å². The van der Waals surface area contributed by atoms with Crippen molar-refractivity contribution in [2.24, 2.45) is 11.3 Å². The summed E-state index contributed by atoms with van der Waals surface area (Å²) >= 11 is 0. The average Bonchev–Trinajstić information content (AvgIpc) is 3.11. The lowest BCUT2D eigenvalue weighted by Crippen LogP contribution is -2.27. The summed E-state index contributed by atoms with van der Waals surface area (Å²) in [5.74, 6) is -2.18. The first-order chi connectivity index (χ1) is 23.7. The molecule has 0 saturated heterocycles. The molecule has 0 N–H and O–H groups in total. The lowest BCUT2D eigenvalue weighted by molar-refractivity contribution is -0.146. The molecule has 0 aliphatic rings. The number of carbonyl (C=O) groups excluding carboxylic acids is 6. The van der Waals surface area contributed by atoms with Crippen molar-refractivity contribution in [1.82, 2.24) is 0 Å². The van der Waals surface area contributed by atoms with Crippen LogP contribution in [0.5, 0.6) is 0 Å². The lowest BCUT2D eigenvalue weighted by Gasteiger charge is -2.22. The van der Waals surface area contributed by atoms with Gasteiger partial charge in [-0.25, -0.2) is 28.8 Å². The molecule has 12 heteroatoms.